The van der Waals surface area contributed by atoms with Crippen molar-refractivity contribution in [2.45, 2.75) is 38.6 Å². The third-order valence-corrected chi connectivity index (χ3v) is 3.70. The number of hydrogen-bond donors (Lipinski definition) is 3. The monoisotopic (exact) mass is 276 g/mol. The van der Waals surface area contributed by atoms with Gasteiger partial charge < -0.3 is 15.7 Å². The molecule has 3 N–H and O–H groups in total. The number of hydrogen-bond acceptors (Lipinski definition) is 3. The lowest BCUT2D eigenvalue weighted by molar-refractivity contribution is -0.118. The predicted octanol–water partition coefficient (Wildman–Crippen LogP) is 2.16. The lowest BCUT2D eigenvalue weighted by Crippen LogP contribution is -2.40. The molecular weight excluding hydrogens is 256 g/mol. The van der Waals surface area contributed by atoms with Crippen LogP contribution in [0.25, 0.3) is 0 Å². The van der Waals surface area contributed by atoms with E-state index in [9.17, 15) is 9.59 Å². The van der Waals surface area contributed by atoms with Crippen LogP contribution in [-0.4, -0.2) is 29.6 Å². The van der Waals surface area contributed by atoms with E-state index in [1.165, 1.54) is 6.07 Å². The molecule has 1 heterocycles. The summed E-state index contributed by atoms with van der Waals surface area (Å²) in [6, 6.07) is 4.73. The normalized spacial score (nSPS) is 19.1. The molecule has 0 saturated carbocycles. The fraction of sp³-hybridized carbons (Fsp3) is 0.467. The molecule has 1 saturated heterocycles. The maximum atomic E-state index is 12.2. The SMILES string of the molecule is Cc1c(NC(=O)C2CCCCCN2)cccc1C(=O)O. The second-order valence-corrected chi connectivity index (χ2v) is 5.13. The van der Waals surface area contributed by atoms with Crippen LogP contribution in [-0.2, 0) is 4.79 Å². The van der Waals surface area contributed by atoms with Crippen molar-refractivity contribution in [1.29, 1.82) is 0 Å². The molecule has 0 aromatic heterocycles. The number of carbonyl (C=O) groups excluding carboxylic acids is 1. The molecule has 1 aliphatic rings. The second kappa shape index (κ2) is 6.52. The average Bonchev–Trinajstić information content (AvgIpc) is 2.69. The van der Waals surface area contributed by atoms with Crippen LogP contribution in [0.3, 0.4) is 0 Å². The molecule has 108 valence electrons. The van der Waals surface area contributed by atoms with E-state index in [-0.39, 0.29) is 17.5 Å². The van der Waals surface area contributed by atoms with E-state index in [4.69, 9.17) is 5.11 Å². The van der Waals surface area contributed by atoms with Crippen molar-refractivity contribution < 1.29 is 14.7 Å². The van der Waals surface area contributed by atoms with Gasteiger partial charge in [0.15, 0.2) is 0 Å². The number of carboxylic acids is 1. The molecule has 1 aromatic carbocycles. The van der Waals surface area contributed by atoms with E-state index in [0.29, 0.717) is 11.3 Å². The molecule has 0 aliphatic carbocycles. The van der Waals surface area contributed by atoms with E-state index in [2.05, 4.69) is 10.6 Å². The Morgan fingerprint density at radius 3 is 2.85 bits per heavy atom. The number of amides is 1. The van der Waals surface area contributed by atoms with Crippen LogP contribution in [0, 0.1) is 6.92 Å². The molecule has 1 aromatic rings. The summed E-state index contributed by atoms with van der Waals surface area (Å²) in [7, 11) is 0. The molecule has 5 heteroatoms. The highest BCUT2D eigenvalue weighted by Crippen LogP contribution is 2.20. The van der Waals surface area contributed by atoms with Crippen molar-refractivity contribution in [3.05, 3.63) is 29.3 Å². The standard InChI is InChI=1S/C15H20N2O3/c1-10-11(15(19)20)6-5-8-12(10)17-14(18)13-7-3-2-4-9-16-13/h5-6,8,13,16H,2-4,7,9H2,1H3,(H,17,18)(H,19,20). The van der Waals surface area contributed by atoms with Gasteiger partial charge in [-0.25, -0.2) is 4.79 Å². The van der Waals surface area contributed by atoms with Crippen LogP contribution >= 0.6 is 0 Å². The topological polar surface area (TPSA) is 78.4 Å². The number of carbonyl (C=O) groups is 2. The summed E-state index contributed by atoms with van der Waals surface area (Å²) in [5.74, 6) is -1.07. The van der Waals surface area contributed by atoms with E-state index in [0.717, 1.165) is 32.2 Å². The van der Waals surface area contributed by atoms with Crippen molar-refractivity contribution in [2.75, 3.05) is 11.9 Å². The first-order chi connectivity index (χ1) is 9.59. The highest BCUT2D eigenvalue weighted by molar-refractivity contribution is 5.98. The zero-order chi connectivity index (χ0) is 14.5. The Morgan fingerprint density at radius 1 is 1.30 bits per heavy atom. The van der Waals surface area contributed by atoms with Crippen LogP contribution in [0.1, 0.15) is 41.6 Å². The molecule has 0 spiro atoms. The number of nitrogens with one attached hydrogen (secondary N) is 2. The fourth-order valence-electron chi connectivity index (χ4n) is 2.47. The smallest absolute Gasteiger partial charge is 0.336 e. The van der Waals surface area contributed by atoms with E-state index in [1.807, 2.05) is 0 Å². The summed E-state index contributed by atoms with van der Waals surface area (Å²) >= 11 is 0. The van der Waals surface area contributed by atoms with E-state index in [1.54, 1.807) is 19.1 Å². The summed E-state index contributed by atoms with van der Waals surface area (Å²) in [6.07, 6.45) is 4.10. The minimum Gasteiger partial charge on any atom is -0.478 e. The fourth-order valence-corrected chi connectivity index (χ4v) is 2.47. The minimum atomic E-state index is -0.980. The van der Waals surface area contributed by atoms with Gasteiger partial charge >= 0.3 is 5.97 Å². The Morgan fingerprint density at radius 2 is 2.10 bits per heavy atom. The molecule has 1 aliphatic heterocycles. The zero-order valence-electron chi connectivity index (χ0n) is 11.6. The Labute approximate surface area is 118 Å². The van der Waals surface area contributed by atoms with Crippen molar-refractivity contribution in [3.8, 4) is 0 Å². The van der Waals surface area contributed by atoms with Gasteiger partial charge in [-0.05, 0) is 44.0 Å². The molecule has 1 atom stereocenters. The van der Waals surface area contributed by atoms with Crippen LogP contribution in [0.2, 0.25) is 0 Å². The van der Waals surface area contributed by atoms with Crippen LogP contribution < -0.4 is 10.6 Å². The number of carboxylic acid groups (broad SMARTS) is 1. The largest absolute Gasteiger partial charge is 0.478 e. The molecule has 0 radical (unpaired) electrons. The number of anilines is 1. The molecule has 1 fully saturated rings. The maximum Gasteiger partial charge on any atom is 0.336 e. The van der Waals surface area contributed by atoms with Gasteiger partial charge in [0.25, 0.3) is 0 Å². The Hall–Kier alpha value is -1.88. The third-order valence-electron chi connectivity index (χ3n) is 3.70. The lowest BCUT2D eigenvalue weighted by Gasteiger charge is -2.17. The first-order valence-electron chi connectivity index (χ1n) is 6.97. The van der Waals surface area contributed by atoms with Crippen LogP contribution in [0.15, 0.2) is 18.2 Å². The highest BCUT2D eigenvalue weighted by Gasteiger charge is 2.20. The molecule has 20 heavy (non-hydrogen) atoms. The van der Waals surface area contributed by atoms with Crippen molar-refractivity contribution in [2.24, 2.45) is 0 Å². The van der Waals surface area contributed by atoms with Gasteiger partial charge in [0, 0.05) is 5.69 Å². The molecule has 0 bridgehead atoms. The van der Waals surface area contributed by atoms with Crippen molar-refractivity contribution in [3.63, 3.8) is 0 Å². The van der Waals surface area contributed by atoms with Gasteiger partial charge in [0.1, 0.15) is 0 Å². The first-order valence-corrected chi connectivity index (χ1v) is 6.97. The second-order valence-electron chi connectivity index (χ2n) is 5.13. The summed E-state index contributed by atoms with van der Waals surface area (Å²) in [5.41, 5.74) is 1.37. The lowest BCUT2D eigenvalue weighted by atomic mass is 10.1. The van der Waals surface area contributed by atoms with Gasteiger partial charge in [0.05, 0.1) is 11.6 Å². The minimum absolute atomic E-state index is 0.0856. The number of aromatic carboxylic acids is 1. The first kappa shape index (κ1) is 14.5. The van der Waals surface area contributed by atoms with Crippen LogP contribution in [0.5, 0.6) is 0 Å². The summed E-state index contributed by atoms with van der Waals surface area (Å²) in [4.78, 5) is 23.3. The Balaban J connectivity index is 2.11. The highest BCUT2D eigenvalue weighted by atomic mass is 16.4. The van der Waals surface area contributed by atoms with Gasteiger partial charge in [-0.3, -0.25) is 4.79 Å². The van der Waals surface area contributed by atoms with E-state index >= 15 is 0 Å². The Kier molecular flexibility index (Phi) is 4.74. The summed E-state index contributed by atoms with van der Waals surface area (Å²) in [6.45, 7) is 2.56. The zero-order valence-corrected chi connectivity index (χ0v) is 11.6. The van der Waals surface area contributed by atoms with Crippen molar-refractivity contribution in [1.82, 2.24) is 5.32 Å². The molecular formula is C15H20N2O3. The number of benzene rings is 1. The Bertz CT molecular complexity index is 506. The number of rotatable bonds is 3. The quantitative estimate of drug-likeness (QED) is 0.790. The van der Waals surface area contributed by atoms with Crippen molar-refractivity contribution >= 4 is 17.6 Å². The summed E-state index contributed by atoms with van der Waals surface area (Å²) in [5, 5.41) is 15.2. The maximum absolute atomic E-state index is 12.2. The van der Waals surface area contributed by atoms with Crippen LogP contribution in [0.4, 0.5) is 5.69 Å². The predicted molar refractivity (Wildman–Crippen MR) is 77.0 cm³/mol. The third kappa shape index (κ3) is 3.36. The average molecular weight is 276 g/mol. The van der Waals surface area contributed by atoms with Gasteiger partial charge in [0.2, 0.25) is 5.91 Å². The summed E-state index contributed by atoms with van der Waals surface area (Å²) < 4.78 is 0. The molecule has 5 nitrogen and oxygen atoms in total. The van der Waals surface area contributed by atoms with Gasteiger partial charge in [-0.15, -0.1) is 0 Å². The molecule has 2 rings (SSSR count). The molecule has 1 unspecified atom stereocenters. The molecule has 1 amide bonds. The van der Waals surface area contributed by atoms with Gasteiger partial charge in [-0.2, -0.15) is 0 Å². The van der Waals surface area contributed by atoms with E-state index < -0.39 is 5.97 Å². The van der Waals surface area contributed by atoms with Gasteiger partial charge in [-0.1, -0.05) is 18.9 Å².